The molecule has 0 radical (unpaired) electrons. The summed E-state index contributed by atoms with van der Waals surface area (Å²) in [5.41, 5.74) is 2.35. The second kappa shape index (κ2) is 5.65. The molecule has 116 valence electrons. The fraction of sp³-hybridized carbons (Fsp3) is 0.294. The normalized spacial score (nSPS) is 14.4. The topological polar surface area (TPSA) is 63.6 Å². The number of aromatic hydroxyl groups is 1. The molecule has 2 aromatic rings. The molecule has 0 saturated carbocycles. The van der Waals surface area contributed by atoms with Crippen LogP contribution in [0.3, 0.4) is 0 Å². The van der Waals surface area contributed by atoms with E-state index in [-0.39, 0.29) is 21.3 Å². The van der Waals surface area contributed by atoms with Crippen molar-refractivity contribution in [1.82, 2.24) is 0 Å². The van der Waals surface area contributed by atoms with Crippen LogP contribution >= 0.6 is 0 Å². The summed E-state index contributed by atoms with van der Waals surface area (Å²) >= 11 is 0. The summed E-state index contributed by atoms with van der Waals surface area (Å²) in [4.78, 5) is 0.348. The number of phenols is 1. The lowest BCUT2D eigenvalue weighted by molar-refractivity contribution is 0.396. The van der Waals surface area contributed by atoms with E-state index in [1.54, 1.807) is 12.1 Å². The smallest absolute Gasteiger partial charge is 0.210 e. The van der Waals surface area contributed by atoms with Gasteiger partial charge in [-0.05, 0) is 61.1 Å². The maximum Gasteiger partial charge on any atom is 0.210 e. The van der Waals surface area contributed by atoms with Gasteiger partial charge in [0, 0.05) is 6.07 Å². The van der Waals surface area contributed by atoms with Crippen molar-refractivity contribution in [2.75, 3.05) is 7.11 Å². The van der Waals surface area contributed by atoms with Crippen LogP contribution in [0.2, 0.25) is 0 Å². The Labute approximate surface area is 130 Å². The molecule has 0 aromatic heterocycles. The molecule has 0 heterocycles. The molecule has 1 N–H and O–H groups in total. The van der Waals surface area contributed by atoms with Crippen molar-refractivity contribution in [3.05, 3.63) is 47.5 Å². The van der Waals surface area contributed by atoms with Gasteiger partial charge >= 0.3 is 0 Å². The third-order valence-corrected chi connectivity index (χ3v) is 5.86. The maximum absolute atomic E-state index is 12.8. The molecule has 2 aromatic carbocycles. The summed E-state index contributed by atoms with van der Waals surface area (Å²) in [5.74, 6) is 0.124. The zero-order chi connectivity index (χ0) is 15.7. The lowest BCUT2D eigenvalue weighted by atomic mass is 9.92. The van der Waals surface area contributed by atoms with Crippen LogP contribution in [0, 0.1) is 0 Å². The van der Waals surface area contributed by atoms with Gasteiger partial charge in [-0.3, -0.25) is 0 Å². The van der Waals surface area contributed by atoms with E-state index < -0.39 is 9.84 Å². The minimum atomic E-state index is -3.67. The Bertz CT molecular complexity index is 809. The minimum Gasteiger partial charge on any atom is -0.508 e. The average molecular weight is 318 g/mol. The van der Waals surface area contributed by atoms with Gasteiger partial charge in [-0.25, -0.2) is 8.42 Å². The van der Waals surface area contributed by atoms with Gasteiger partial charge in [0.1, 0.15) is 16.4 Å². The zero-order valence-corrected chi connectivity index (χ0v) is 13.2. The van der Waals surface area contributed by atoms with E-state index in [2.05, 4.69) is 0 Å². The molecule has 0 amide bonds. The van der Waals surface area contributed by atoms with E-state index >= 15 is 0 Å². The number of ether oxygens (including phenoxy) is 1. The third kappa shape index (κ3) is 2.57. The van der Waals surface area contributed by atoms with Gasteiger partial charge in [-0.1, -0.05) is 6.07 Å². The Morgan fingerprint density at radius 1 is 1.00 bits per heavy atom. The molecule has 5 heteroatoms. The Hall–Kier alpha value is -2.01. The predicted octanol–water partition coefficient (Wildman–Crippen LogP) is 3.11. The fourth-order valence-corrected chi connectivity index (χ4v) is 4.34. The summed E-state index contributed by atoms with van der Waals surface area (Å²) < 4.78 is 30.8. The van der Waals surface area contributed by atoms with Crippen LogP contribution in [0.1, 0.15) is 24.0 Å². The highest BCUT2D eigenvalue weighted by atomic mass is 32.2. The van der Waals surface area contributed by atoms with Crippen molar-refractivity contribution in [3.8, 4) is 11.5 Å². The molecular weight excluding hydrogens is 300 g/mol. The van der Waals surface area contributed by atoms with Crippen molar-refractivity contribution in [1.29, 1.82) is 0 Å². The molecule has 0 spiro atoms. The van der Waals surface area contributed by atoms with Gasteiger partial charge in [-0.15, -0.1) is 0 Å². The molecule has 0 unspecified atom stereocenters. The standard InChI is InChI=1S/C17H18O4S/c1-21-16-11-14(18)7-9-17(16)22(19,20)15-8-6-12-4-2-3-5-13(12)10-15/h6-11,18H,2-5H2,1H3. The molecule has 0 atom stereocenters. The minimum absolute atomic E-state index is 0.0266. The first-order chi connectivity index (χ1) is 10.5. The lowest BCUT2D eigenvalue weighted by Gasteiger charge is -2.17. The highest BCUT2D eigenvalue weighted by molar-refractivity contribution is 7.91. The van der Waals surface area contributed by atoms with Gasteiger partial charge in [0.25, 0.3) is 0 Å². The van der Waals surface area contributed by atoms with Crippen LogP contribution in [0.4, 0.5) is 0 Å². The van der Waals surface area contributed by atoms with Crippen molar-refractivity contribution in [2.45, 2.75) is 35.5 Å². The number of aryl methyl sites for hydroxylation is 2. The number of hydrogen-bond donors (Lipinski definition) is 1. The molecule has 0 bridgehead atoms. The fourth-order valence-electron chi connectivity index (χ4n) is 2.88. The first kappa shape index (κ1) is 14.9. The van der Waals surface area contributed by atoms with Crippen molar-refractivity contribution >= 4 is 9.84 Å². The van der Waals surface area contributed by atoms with Crippen LogP contribution in [0.5, 0.6) is 11.5 Å². The second-order valence-corrected chi connectivity index (χ2v) is 7.39. The van der Waals surface area contributed by atoms with Gasteiger partial charge in [-0.2, -0.15) is 0 Å². The largest absolute Gasteiger partial charge is 0.508 e. The highest BCUT2D eigenvalue weighted by Gasteiger charge is 2.24. The first-order valence-corrected chi connectivity index (χ1v) is 8.74. The zero-order valence-electron chi connectivity index (χ0n) is 12.4. The molecule has 3 rings (SSSR count). The summed E-state index contributed by atoms with van der Waals surface area (Å²) in [7, 11) is -2.28. The number of hydrogen-bond acceptors (Lipinski definition) is 4. The van der Waals surface area contributed by atoms with E-state index in [0.717, 1.165) is 31.2 Å². The van der Waals surface area contributed by atoms with E-state index in [1.807, 2.05) is 6.07 Å². The van der Waals surface area contributed by atoms with E-state index in [4.69, 9.17) is 4.74 Å². The van der Waals surface area contributed by atoms with Crippen LogP contribution in [0.25, 0.3) is 0 Å². The monoisotopic (exact) mass is 318 g/mol. The lowest BCUT2D eigenvalue weighted by Crippen LogP contribution is -2.08. The van der Waals surface area contributed by atoms with E-state index in [1.165, 1.54) is 30.9 Å². The van der Waals surface area contributed by atoms with Gasteiger partial charge in [0.2, 0.25) is 9.84 Å². The number of benzene rings is 2. The molecular formula is C17H18O4S. The van der Waals surface area contributed by atoms with E-state index in [9.17, 15) is 13.5 Å². The van der Waals surface area contributed by atoms with Crippen LogP contribution in [0.15, 0.2) is 46.2 Å². The molecule has 0 aliphatic heterocycles. The Morgan fingerprint density at radius 3 is 2.45 bits per heavy atom. The van der Waals surface area contributed by atoms with Crippen LogP contribution < -0.4 is 4.74 Å². The average Bonchev–Trinajstić information content (AvgIpc) is 2.54. The van der Waals surface area contributed by atoms with Crippen LogP contribution in [-0.4, -0.2) is 20.6 Å². The molecule has 0 saturated heterocycles. The van der Waals surface area contributed by atoms with Gasteiger partial charge in [0.05, 0.1) is 12.0 Å². The Kier molecular flexibility index (Phi) is 3.83. The summed E-state index contributed by atoms with van der Waals surface area (Å²) in [6.07, 6.45) is 4.19. The predicted molar refractivity (Wildman–Crippen MR) is 83.2 cm³/mol. The van der Waals surface area contributed by atoms with E-state index in [0.29, 0.717) is 0 Å². The summed E-state index contributed by atoms with van der Waals surface area (Å²) in [5, 5.41) is 9.49. The van der Waals surface area contributed by atoms with Gasteiger partial charge < -0.3 is 9.84 Å². The molecule has 1 aliphatic rings. The molecule has 4 nitrogen and oxygen atoms in total. The van der Waals surface area contributed by atoms with Gasteiger partial charge in [0.15, 0.2) is 0 Å². The third-order valence-electron chi connectivity index (χ3n) is 4.07. The molecule has 0 fully saturated rings. The van der Waals surface area contributed by atoms with Crippen molar-refractivity contribution in [2.24, 2.45) is 0 Å². The SMILES string of the molecule is COc1cc(O)ccc1S(=O)(=O)c1ccc2c(c1)CCCC2. The number of rotatable bonds is 3. The quantitative estimate of drug-likeness (QED) is 0.944. The number of fused-ring (bicyclic) bond motifs is 1. The first-order valence-electron chi connectivity index (χ1n) is 7.26. The molecule has 22 heavy (non-hydrogen) atoms. The highest BCUT2D eigenvalue weighted by Crippen LogP contribution is 2.33. The summed E-state index contributed by atoms with van der Waals surface area (Å²) in [6, 6.07) is 9.39. The van der Waals surface area contributed by atoms with Crippen molar-refractivity contribution in [3.63, 3.8) is 0 Å². The number of sulfone groups is 1. The number of phenolic OH excluding ortho intramolecular Hbond substituents is 1. The van der Waals surface area contributed by atoms with Crippen molar-refractivity contribution < 1.29 is 18.3 Å². The number of methoxy groups -OCH3 is 1. The second-order valence-electron chi connectivity index (χ2n) is 5.48. The Balaban J connectivity index is 2.10. The molecule has 1 aliphatic carbocycles. The van der Waals surface area contributed by atoms with Crippen LogP contribution in [-0.2, 0) is 22.7 Å². The maximum atomic E-state index is 12.8. The Morgan fingerprint density at radius 2 is 1.73 bits per heavy atom. The summed E-state index contributed by atoms with van der Waals surface area (Å²) in [6.45, 7) is 0.